The van der Waals surface area contributed by atoms with Gasteiger partial charge in [0.05, 0.1) is 17.8 Å². The first kappa shape index (κ1) is 12.4. The number of hydrogen-bond acceptors (Lipinski definition) is 3. The Bertz CT molecular complexity index is 202. The molecule has 0 aromatic rings. The molecule has 0 bridgehead atoms. The normalized spacial score (nSPS) is 43.3. The Morgan fingerprint density at radius 3 is 2.50 bits per heavy atom. The van der Waals surface area contributed by atoms with Gasteiger partial charge in [0, 0.05) is 4.83 Å². The van der Waals surface area contributed by atoms with Crippen molar-refractivity contribution in [2.45, 2.75) is 55.7 Å². The molecule has 0 radical (unpaired) electrons. The van der Waals surface area contributed by atoms with Crippen LogP contribution in [-0.4, -0.2) is 39.0 Å². The van der Waals surface area contributed by atoms with Crippen molar-refractivity contribution in [1.29, 1.82) is 0 Å². The predicted octanol–water partition coefficient (Wildman–Crippen LogP) is 1.45. The molecule has 1 saturated heterocycles. The van der Waals surface area contributed by atoms with Crippen molar-refractivity contribution in [2.75, 3.05) is 6.61 Å². The second kappa shape index (κ2) is 4.08. The number of alkyl halides is 1. The predicted molar refractivity (Wildman–Crippen MR) is 58.6 cm³/mol. The van der Waals surface area contributed by atoms with Gasteiger partial charge in [0.25, 0.3) is 0 Å². The van der Waals surface area contributed by atoms with Gasteiger partial charge in [0.1, 0.15) is 6.10 Å². The van der Waals surface area contributed by atoms with Crippen LogP contribution in [0.4, 0.5) is 0 Å². The molecule has 0 spiro atoms. The summed E-state index contributed by atoms with van der Waals surface area (Å²) >= 11 is 3.55. The van der Waals surface area contributed by atoms with Crippen LogP contribution in [0.2, 0.25) is 0 Å². The van der Waals surface area contributed by atoms with Crippen LogP contribution >= 0.6 is 15.9 Å². The van der Waals surface area contributed by atoms with Crippen LogP contribution in [0, 0.1) is 0 Å². The molecular formula is C10H19BrO3. The summed E-state index contributed by atoms with van der Waals surface area (Å²) in [5, 5.41) is 19.2. The van der Waals surface area contributed by atoms with Crippen molar-refractivity contribution in [3.8, 4) is 0 Å². The molecule has 1 heterocycles. The van der Waals surface area contributed by atoms with Crippen LogP contribution in [0.1, 0.15) is 33.6 Å². The van der Waals surface area contributed by atoms with Gasteiger partial charge in [-0.05, 0) is 33.6 Å². The zero-order chi connectivity index (χ0) is 11.0. The molecule has 1 fully saturated rings. The first-order valence-electron chi connectivity index (χ1n) is 4.95. The average Bonchev–Trinajstić information content (AvgIpc) is 2.15. The third-order valence-corrected chi connectivity index (χ3v) is 4.52. The zero-order valence-electron chi connectivity index (χ0n) is 8.96. The summed E-state index contributed by atoms with van der Waals surface area (Å²) in [7, 11) is 0. The Morgan fingerprint density at radius 1 is 1.43 bits per heavy atom. The van der Waals surface area contributed by atoms with Crippen molar-refractivity contribution in [3.63, 3.8) is 0 Å². The number of halogens is 1. The van der Waals surface area contributed by atoms with Gasteiger partial charge in [-0.25, -0.2) is 0 Å². The van der Waals surface area contributed by atoms with E-state index in [4.69, 9.17) is 9.84 Å². The van der Waals surface area contributed by atoms with Crippen molar-refractivity contribution in [1.82, 2.24) is 0 Å². The molecule has 1 rings (SSSR count). The van der Waals surface area contributed by atoms with E-state index in [0.717, 1.165) is 6.42 Å². The lowest BCUT2D eigenvalue weighted by Gasteiger charge is -2.34. The summed E-state index contributed by atoms with van der Waals surface area (Å²) in [5.74, 6) is 0. The van der Waals surface area contributed by atoms with Gasteiger partial charge in [-0.2, -0.15) is 0 Å². The van der Waals surface area contributed by atoms with Crippen LogP contribution in [0.25, 0.3) is 0 Å². The fourth-order valence-corrected chi connectivity index (χ4v) is 2.07. The van der Waals surface area contributed by atoms with Gasteiger partial charge >= 0.3 is 0 Å². The fourth-order valence-electron chi connectivity index (χ4n) is 1.73. The molecule has 0 aromatic heterocycles. The molecule has 3 atom stereocenters. The molecule has 14 heavy (non-hydrogen) atoms. The van der Waals surface area contributed by atoms with Crippen molar-refractivity contribution >= 4 is 15.9 Å². The Labute approximate surface area is 93.6 Å². The van der Waals surface area contributed by atoms with Gasteiger partial charge in [0.15, 0.2) is 0 Å². The SMILES string of the molecule is CC1(C)O[C@@H](CO)[C@@](C)(O)CC[C@H]1Br. The highest BCUT2D eigenvalue weighted by molar-refractivity contribution is 9.09. The Hall–Kier alpha value is 0.360. The summed E-state index contributed by atoms with van der Waals surface area (Å²) in [4.78, 5) is 0.207. The summed E-state index contributed by atoms with van der Waals surface area (Å²) in [6.07, 6.45) is 0.980. The third-order valence-electron chi connectivity index (χ3n) is 2.96. The van der Waals surface area contributed by atoms with Crippen molar-refractivity contribution < 1.29 is 14.9 Å². The van der Waals surface area contributed by atoms with Gasteiger partial charge in [-0.1, -0.05) is 15.9 Å². The summed E-state index contributed by atoms with van der Waals surface area (Å²) < 4.78 is 5.73. The van der Waals surface area contributed by atoms with Gasteiger partial charge in [0.2, 0.25) is 0 Å². The van der Waals surface area contributed by atoms with E-state index in [2.05, 4.69) is 15.9 Å². The quantitative estimate of drug-likeness (QED) is 0.707. The summed E-state index contributed by atoms with van der Waals surface area (Å²) in [6.45, 7) is 5.51. The largest absolute Gasteiger partial charge is 0.394 e. The van der Waals surface area contributed by atoms with Crippen molar-refractivity contribution in [3.05, 3.63) is 0 Å². The van der Waals surface area contributed by atoms with Crippen LogP contribution in [-0.2, 0) is 4.74 Å². The van der Waals surface area contributed by atoms with E-state index in [0.29, 0.717) is 6.42 Å². The molecule has 3 nitrogen and oxygen atoms in total. The topological polar surface area (TPSA) is 49.7 Å². The molecule has 4 heteroatoms. The number of rotatable bonds is 1. The zero-order valence-corrected chi connectivity index (χ0v) is 10.5. The molecule has 2 N–H and O–H groups in total. The standard InChI is InChI=1S/C10H19BrO3/c1-9(2)7(11)4-5-10(3,13)8(6-12)14-9/h7-8,12-13H,4-6H2,1-3H3/t7-,8+,10+/m1/s1. The van der Waals surface area contributed by atoms with Crippen LogP contribution in [0.15, 0.2) is 0 Å². The maximum absolute atomic E-state index is 10.1. The molecule has 0 aliphatic carbocycles. The maximum Gasteiger partial charge on any atom is 0.110 e. The number of ether oxygens (including phenoxy) is 1. The minimum absolute atomic E-state index is 0.143. The fraction of sp³-hybridized carbons (Fsp3) is 1.00. The number of aliphatic hydroxyl groups is 2. The molecular weight excluding hydrogens is 248 g/mol. The lowest BCUT2D eigenvalue weighted by Crippen LogP contribution is -2.46. The molecule has 1 aliphatic heterocycles. The molecule has 0 amide bonds. The molecule has 84 valence electrons. The minimum atomic E-state index is -0.936. The van der Waals surface area contributed by atoms with Gasteiger partial charge in [-0.3, -0.25) is 0 Å². The monoisotopic (exact) mass is 266 g/mol. The van der Waals surface area contributed by atoms with Crippen LogP contribution in [0.3, 0.4) is 0 Å². The smallest absolute Gasteiger partial charge is 0.110 e. The summed E-state index contributed by atoms with van der Waals surface area (Å²) in [6, 6.07) is 0. The molecule has 0 unspecified atom stereocenters. The second-order valence-corrected chi connectivity index (χ2v) is 5.86. The minimum Gasteiger partial charge on any atom is -0.394 e. The van der Waals surface area contributed by atoms with Crippen molar-refractivity contribution in [2.24, 2.45) is 0 Å². The Balaban J connectivity index is 2.85. The number of aliphatic hydroxyl groups excluding tert-OH is 1. The average molecular weight is 267 g/mol. The second-order valence-electron chi connectivity index (χ2n) is 4.76. The maximum atomic E-state index is 10.1. The number of hydrogen-bond donors (Lipinski definition) is 2. The van der Waals surface area contributed by atoms with E-state index in [1.165, 1.54) is 0 Å². The van der Waals surface area contributed by atoms with E-state index < -0.39 is 11.7 Å². The van der Waals surface area contributed by atoms with E-state index in [-0.39, 0.29) is 17.0 Å². The van der Waals surface area contributed by atoms with E-state index in [9.17, 15) is 5.11 Å². The Morgan fingerprint density at radius 2 is 2.00 bits per heavy atom. The van der Waals surface area contributed by atoms with Gasteiger partial charge in [-0.15, -0.1) is 0 Å². The van der Waals surface area contributed by atoms with Crippen LogP contribution in [0.5, 0.6) is 0 Å². The highest BCUT2D eigenvalue weighted by Gasteiger charge is 2.43. The van der Waals surface area contributed by atoms with Crippen LogP contribution < -0.4 is 0 Å². The lowest BCUT2D eigenvalue weighted by molar-refractivity contribution is -0.158. The first-order valence-corrected chi connectivity index (χ1v) is 5.86. The van der Waals surface area contributed by atoms with E-state index >= 15 is 0 Å². The third kappa shape index (κ3) is 2.48. The Kier molecular flexibility index (Phi) is 3.62. The molecule has 0 saturated carbocycles. The molecule has 0 aromatic carbocycles. The van der Waals surface area contributed by atoms with E-state index in [1.807, 2.05) is 13.8 Å². The lowest BCUT2D eigenvalue weighted by atomic mass is 9.93. The summed E-state index contributed by atoms with van der Waals surface area (Å²) in [5.41, 5.74) is -1.29. The highest BCUT2D eigenvalue weighted by atomic mass is 79.9. The van der Waals surface area contributed by atoms with E-state index in [1.54, 1.807) is 6.92 Å². The van der Waals surface area contributed by atoms with Gasteiger partial charge < -0.3 is 14.9 Å². The first-order chi connectivity index (χ1) is 6.29. The highest BCUT2D eigenvalue weighted by Crippen LogP contribution is 2.36. The molecule has 1 aliphatic rings.